The highest BCUT2D eigenvalue weighted by Crippen LogP contribution is 2.08. The van der Waals surface area contributed by atoms with Gasteiger partial charge in [-0.1, -0.05) is 90.9 Å². The van der Waals surface area contributed by atoms with Gasteiger partial charge in [0.15, 0.2) is 0 Å². The molecule has 0 aromatic carbocycles. The van der Waals surface area contributed by atoms with Crippen molar-refractivity contribution in [1.29, 1.82) is 0 Å². The van der Waals surface area contributed by atoms with E-state index in [0.29, 0.717) is 59.5 Å². The molecule has 0 saturated carbocycles. The Labute approximate surface area is 297 Å². The van der Waals surface area contributed by atoms with Crippen LogP contribution in [0.25, 0.3) is 0 Å². The second-order valence-corrected chi connectivity index (χ2v) is 12.4. The number of rotatable bonds is 42. The molecular weight excluding hydrogens is 612 g/mol. The molecule has 0 unspecified atom stereocenters. The van der Waals surface area contributed by atoms with Crippen molar-refractivity contribution in [3.63, 3.8) is 0 Å². The van der Waals surface area contributed by atoms with E-state index < -0.39 is 0 Å². The molecule has 0 radical (unpaired) electrons. The summed E-state index contributed by atoms with van der Waals surface area (Å²) in [6.07, 6.45) is 25.9. The van der Waals surface area contributed by atoms with Crippen molar-refractivity contribution >= 4 is 0 Å². The van der Waals surface area contributed by atoms with Crippen molar-refractivity contribution in [3.05, 3.63) is 0 Å². The predicted molar refractivity (Wildman–Crippen MR) is 198 cm³/mol. The van der Waals surface area contributed by atoms with Crippen LogP contribution in [-0.2, 0) is 37.9 Å². The Bertz CT molecular complexity index is 472. The summed E-state index contributed by atoms with van der Waals surface area (Å²) in [6, 6.07) is 0. The third kappa shape index (κ3) is 52.5. The number of aliphatic hydroxyl groups excluding tert-OH is 1. The average molecular weight is 695 g/mol. The first kappa shape index (κ1) is 49.8. The first-order chi connectivity index (χ1) is 23.8. The third-order valence-electron chi connectivity index (χ3n) is 7.72. The van der Waals surface area contributed by atoms with Crippen molar-refractivity contribution in [2.24, 2.45) is 0 Å². The number of aliphatic hydroxyl groups is 1. The van der Waals surface area contributed by atoms with E-state index in [4.69, 9.17) is 43.0 Å². The maximum absolute atomic E-state index is 8.50. The molecule has 9 nitrogen and oxygen atoms in total. The summed E-state index contributed by atoms with van der Waals surface area (Å²) in [4.78, 5) is 0. The molecule has 0 bridgehead atoms. The maximum Gasteiger partial charge on any atom is 0.0701 e. The molecule has 0 aliphatic rings. The van der Waals surface area contributed by atoms with Crippen molar-refractivity contribution in [2.75, 3.05) is 113 Å². The molecule has 0 atom stereocenters. The number of methoxy groups -OCH3 is 1. The van der Waals surface area contributed by atoms with Crippen LogP contribution in [0, 0.1) is 0 Å². The number of hydrogen-bond acceptors (Lipinski definition) is 9. The van der Waals surface area contributed by atoms with Crippen LogP contribution in [0.2, 0.25) is 0 Å². The Morgan fingerprint density at radius 3 is 0.812 bits per heavy atom. The van der Waals surface area contributed by atoms with Gasteiger partial charge in [0.25, 0.3) is 0 Å². The Kier molecular flexibility index (Phi) is 52.9. The minimum Gasteiger partial charge on any atom is -0.394 e. The van der Waals surface area contributed by atoms with Crippen LogP contribution in [0.1, 0.15) is 142 Å². The molecule has 0 aliphatic heterocycles. The van der Waals surface area contributed by atoms with E-state index in [1.807, 2.05) is 0 Å². The van der Waals surface area contributed by atoms with Crippen LogP contribution in [0.5, 0.6) is 0 Å². The zero-order chi connectivity index (χ0) is 35.1. The largest absolute Gasteiger partial charge is 0.394 e. The highest BCUT2D eigenvalue weighted by Gasteiger charge is 1.96. The molecule has 0 aromatic rings. The average Bonchev–Trinajstić information content (AvgIpc) is 3.10. The van der Waals surface area contributed by atoms with Crippen molar-refractivity contribution in [1.82, 2.24) is 0 Å². The first-order valence-electron chi connectivity index (χ1n) is 20.0. The summed E-state index contributed by atoms with van der Waals surface area (Å²) in [5.41, 5.74) is 0. The molecule has 0 rings (SSSR count). The zero-order valence-electron chi connectivity index (χ0n) is 32.2. The lowest BCUT2D eigenvalue weighted by Crippen LogP contribution is -2.12. The summed E-state index contributed by atoms with van der Waals surface area (Å²) in [7, 11) is 1.67. The minimum atomic E-state index is 0.0469. The molecule has 1 N–H and O–H groups in total. The standard InChI is InChI=1S/C23H48O2.C16H34O7/c1-3-5-7-9-11-13-16-20-24-22-18-15-19-23-25-21-17-14-12-10-8-6-4-2;1-18-9-10-19-6-3-2-4-7-20-11-13-22-15-16-23-14-12-21-8-5-17/h3-23H2,1-2H3;17H,2-16H2,1H3. The molecule has 48 heavy (non-hydrogen) atoms. The van der Waals surface area contributed by atoms with Crippen LogP contribution in [0.4, 0.5) is 0 Å². The lowest BCUT2D eigenvalue weighted by molar-refractivity contribution is -0.00590. The van der Waals surface area contributed by atoms with Crippen molar-refractivity contribution in [3.8, 4) is 0 Å². The highest BCUT2D eigenvalue weighted by atomic mass is 16.6. The second kappa shape index (κ2) is 51.0. The summed E-state index contributed by atoms with van der Waals surface area (Å²) in [6.45, 7) is 15.0. The summed E-state index contributed by atoms with van der Waals surface area (Å²) >= 11 is 0. The quantitative estimate of drug-likeness (QED) is 0.0631. The molecule has 9 heteroatoms. The van der Waals surface area contributed by atoms with E-state index in [0.717, 1.165) is 58.9 Å². The van der Waals surface area contributed by atoms with Crippen LogP contribution in [0.15, 0.2) is 0 Å². The van der Waals surface area contributed by atoms with Gasteiger partial charge in [0.2, 0.25) is 0 Å². The Morgan fingerprint density at radius 2 is 0.500 bits per heavy atom. The van der Waals surface area contributed by atoms with Gasteiger partial charge in [-0.25, -0.2) is 0 Å². The lowest BCUT2D eigenvalue weighted by Gasteiger charge is -2.07. The van der Waals surface area contributed by atoms with Gasteiger partial charge in [0.1, 0.15) is 0 Å². The van der Waals surface area contributed by atoms with Gasteiger partial charge in [0, 0.05) is 46.8 Å². The van der Waals surface area contributed by atoms with Gasteiger partial charge in [-0.05, 0) is 51.4 Å². The summed E-state index contributed by atoms with van der Waals surface area (Å²) in [5, 5.41) is 8.50. The highest BCUT2D eigenvalue weighted by molar-refractivity contribution is 4.47. The van der Waals surface area contributed by atoms with E-state index in [1.54, 1.807) is 7.11 Å². The monoisotopic (exact) mass is 695 g/mol. The number of ether oxygens (including phenoxy) is 8. The summed E-state index contributed by atoms with van der Waals surface area (Å²) < 4.78 is 42.9. The van der Waals surface area contributed by atoms with E-state index >= 15 is 0 Å². The molecule has 0 heterocycles. The molecule has 0 fully saturated rings. The smallest absolute Gasteiger partial charge is 0.0701 e. The molecular formula is C39H82O9. The SMILES string of the molecule is CCCCCCCCCOCCCCCOCCCCCCCCC.COCCOCCCCCOCCOCCOCCOCCO. The van der Waals surface area contributed by atoms with Crippen molar-refractivity contribution < 1.29 is 43.0 Å². The molecule has 0 saturated heterocycles. The Balaban J connectivity index is 0. The maximum atomic E-state index is 8.50. The van der Waals surface area contributed by atoms with E-state index in [9.17, 15) is 0 Å². The third-order valence-corrected chi connectivity index (χ3v) is 7.72. The van der Waals surface area contributed by atoms with Crippen LogP contribution in [-0.4, -0.2) is 118 Å². The van der Waals surface area contributed by atoms with E-state index in [2.05, 4.69) is 13.8 Å². The van der Waals surface area contributed by atoms with Gasteiger partial charge < -0.3 is 43.0 Å². The number of unbranched alkanes of at least 4 members (excludes halogenated alkanes) is 16. The normalized spacial score (nSPS) is 11.2. The minimum absolute atomic E-state index is 0.0469. The van der Waals surface area contributed by atoms with Gasteiger partial charge in [-0.2, -0.15) is 0 Å². The lowest BCUT2D eigenvalue weighted by atomic mass is 10.1. The van der Waals surface area contributed by atoms with E-state index in [1.165, 1.54) is 109 Å². The van der Waals surface area contributed by atoms with Gasteiger partial charge in [-0.3, -0.25) is 0 Å². The van der Waals surface area contributed by atoms with Gasteiger partial charge in [-0.15, -0.1) is 0 Å². The molecule has 0 aliphatic carbocycles. The van der Waals surface area contributed by atoms with Crippen molar-refractivity contribution in [2.45, 2.75) is 142 Å². The predicted octanol–water partition coefficient (Wildman–Crippen LogP) is 8.57. The van der Waals surface area contributed by atoms with Crippen LogP contribution in [0.3, 0.4) is 0 Å². The fourth-order valence-electron chi connectivity index (χ4n) is 4.77. The topological polar surface area (TPSA) is 94.1 Å². The molecule has 0 aromatic heterocycles. The fraction of sp³-hybridized carbons (Fsp3) is 1.00. The van der Waals surface area contributed by atoms with Gasteiger partial charge >= 0.3 is 0 Å². The molecule has 0 amide bonds. The van der Waals surface area contributed by atoms with Crippen LogP contribution < -0.4 is 0 Å². The number of hydrogen-bond donors (Lipinski definition) is 1. The van der Waals surface area contributed by atoms with E-state index in [-0.39, 0.29) is 6.61 Å². The first-order valence-corrected chi connectivity index (χ1v) is 20.0. The van der Waals surface area contributed by atoms with Crippen LogP contribution >= 0.6 is 0 Å². The molecule has 292 valence electrons. The zero-order valence-corrected chi connectivity index (χ0v) is 32.2. The second-order valence-electron chi connectivity index (χ2n) is 12.4. The summed E-state index contributed by atoms with van der Waals surface area (Å²) in [5.74, 6) is 0. The fourth-order valence-corrected chi connectivity index (χ4v) is 4.77. The Hall–Kier alpha value is -0.360. The van der Waals surface area contributed by atoms with Gasteiger partial charge in [0.05, 0.1) is 66.1 Å². The Morgan fingerprint density at radius 1 is 0.271 bits per heavy atom. The molecule has 0 spiro atoms.